The van der Waals surface area contributed by atoms with Gasteiger partial charge in [0.25, 0.3) is 11.5 Å². The predicted molar refractivity (Wildman–Crippen MR) is 133 cm³/mol. The predicted octanol–water partition coefficient (Wildman–Crippen LogP) is 1.46. The molecule has 0 saturated carbocycles. The van der Waals surface area contributed by atoms with Crippen molar-refractivity contribution in [1.29, 1.82) is 0 Å². The summed E-state index contributed by atoms with van der Waals surface area (Å²) in [6.45, 7) is 3.12. The number of hydrogen-bond donors (Lipinski definition) is 2. The topological polar surface area (TPSA) is 123 Å². The van der Waals surface area contributed by atoms with Crippen LogP contribution in [0.25, 0.3) is 11.0 Å². The molecule has 2 aromatic heterocycles. The van der Waals surface area contributed by atoms with Crippen LogP contribution in [0.3, 0.4) is 0 Å². The molecule has 1 unspecified atom stereocenters. The molecule has 196 valence electrons. The van der Waals surface area contributed by atoms with Crippen molar-refractivity contribution in [2.24, 2.45) is 0 Å². The van der Waals surface area contributed by atoms with Crippen LogP contribution in [0.4, 0.5) is 4.39 Å². The summed E-state index contributed by atoms with van der Waals surface area (Å²) in [6, 6.07) is 7.20. The number of amides is 2. The molecule has 1 saturated heterocycles. The van der Waals surface area contributed by atoms with Gasteiger partial charge in [0.2, 0.25) is 5.91 Å². The number of nitrogens with one attached hydrogen (secondary N) is 1. The molecule has 37 heavy (non-hydrogen) atoms. The second-order valence-electron chi connectivity index (χ2n) is 8.95. The van der Waals surface area contributed by atoms with E-state index < -0.39 is 28.8 Å². The minimum absolute atomic E-state index is 0.0155. The molecule has 2 N–H and O–H groups in total. The van der Waals surface area contributed by atoms with Crippen molar-refractivity contribution >= 4 is 22.8 Å². The Kier molecular flexibility index (Phi) is 8.14. The number of aromatic nitrogens is 2. The molecule has 10 nitrogen and oxygen atoms in total. The molecule has 3 aromatic rings. The summed E-state index contributed by atoms with van der Waals surface area (Å²) in [5.41, 5.74) is 0.412. The number of pyridine rings is 2. The first kappa shape index (κ1) is 26.2. The van der Waals surface area contributed by atoms with Crippen LogP contribution in [0.1, 0.15) is 28.4 Å². The fourth-order valence-corrected chi connectivity index (χ4v) is 4.28. The van der Waals surface area contributed by atoms with Crippen LogP contribution in [0.2, 0.25) is 0 Å². The lowest BCUT2D eigenvalue weighted by molar-refractivity contribution is -0.135. The number of carbonyl (C=O) groups excluding carboxylic acids is 2. The number of benzene rings is 1. The second-order valence-corrected chi connectivity index (χ2v) is 8.95. The van der Waals surface area contributed by atoms with Crippen LogP contribution in [0.5, 0.6) is 5.75 Å². The van der Waals surface area contributed by atoms with Crippen molar-refractivity contribution < 1.29 is 28.6 Å². The van der Waals surface area contributed by atoms with E-state index in [9.17, 15) is 23.9 Å². The number of halogens is 1. The van der Waals surface area contributed by atoms with Crippen molar-refractivity contribution in [1.82, 2.24) is 19.8 Å². The van der Waals surface area contributed by atoms with Crippen molar-refractivity contribution in [3.05, 3.63) is 69.4 Å². The summed E-state index contributed by atoms with van der Waals surface area (Å²) in [7, 11) is 1.48. The van der Waals surface area contributed by atoms with E-state index in [2.05, 4.69) is 10.3 Å². The van der Waals surface area contributed by atoms with Crippen molar-refractivity contribution in [3.8, 4) is 5.75 Å². The van der Waals surface area contributed by atoms with Gasteiger partial charge in [0, 0.05) is 32.4 Å². The van der Waals surface area contributed by atoms with Gasteiger partial charge in [-0.2, -0.15) is 0 Å². The molecule has 11 heteroatoms. The number of ether oxygens (including phenoxy) is 2. The lowest BCUT2D eigenvalue weighted by atomic mass is 10.1. The van der Waals surface area contributed by atoms with Crippen LogP contribution >= 0.6 is 0 Å². The highest BCUT2D eigenvalue weighted by molar-refractivity contribution is 6.01. The molecule has 0 radical (unpaired) electrons. The molecule has 1 fully saturated rings. The molecular weight excluding hydrogens is 483 g/mol. The number of nitrogens with zero attached hydrogens (tertiary/aromatic N) is 3. The Hall–Kier alpha value is -3.83. The summed E-state index contributed by atoms with van der Waals surface area (Å²) < 4.78 is 24.8. The first-order valence-corrected chi connectivity index (χ1v) is 11.9. The Morgan fingerprint density at radius 1 is 1.22 bits per heavy atom. The third-order valence-electron chi connectivity index (χ3n) is 6.14. The van der Waals surface area contributed by atoms with E-state index in [-0.39, 0.29) is 35.9 Å². The van der Waals surface area contributed by atoms with E-state index >= 15 is 0 Å². The zero-order valence-corrected chi connectivity index (χ0v) is 20.7. The van der Waals surface area contributed by atoms with Crippen LogP contribution in [-0.2, 0) is 27.2 Å². The van der Waals surface area contributed by atoms with Gasteiger partial charge in [-0.3, -0.25) is 23.9 Å². The van der Waals surface area contributed by atoms with Gasteiger partial charge in [0.15, 0.2) is 5.75 Å². The van der Waals surface area contributed by atoms with E-state index in [1.807, 2.05) is 0 Å². The molecular formula is C26H29FN4O6. The molecule has 0 spiro atoms. The fraction of sp³-hybridized carbons (Fsp3) is 0.385. The third-order valence-corrected chi connectivity index (χ3v) is 6.14. The van der Waals surface area contributed by atoms with Gasteiger partial charge in [-0.1, -0.05) is 12.1 Å². The fourth-order valence-electron chi connectivity index (χ4n) is 4.28. The highest BCUT2D eigenvalue weighted by Gasteiger charge is 2.26. The maximum absolute atomic E-state index is 13.6. The first-order chi connectivity index (χ1) is 17.8. The van der Waals surface area contributed by atoms with Crippen molar-refractivity contribution in [2.75, 3.05) is 40.0 Å². The normalized spacial score (nSPS) is 14.5. The maximum Gasteiger partial charge on any atom is 0.268 e. The van der Waals surface area contributed by atoms with Gasteiger partial charge in [0.05, 0.1) is 25.3 Å². The van der Waals surface area contributed by atoms with E-state index in [0.717, 1.165) is 5.56 Å². The average Bonchev–Trinajstić information content (AvgIpc) is 2.88. The molecule has 1 aromatic carbocycles. The van der Waals surface area contributed by atoms with E-state index in [1.54, 1.807) is 30.0 Å². The summed E-state index contributed by atoms with van der Waals surface area (Å²) in [4.78, 5) is 45.5. The van der Waals surface area contributed by atoms with Crippen LogP contribution in [-0.4, -0.2) is 77.4 Å². The van der Waals surface area contributed by atoms with Crippen molar-refractivity contribution in [2.45, 2.75) is 25.9 Å². The summed E-state index contributed by atoms with van der Waals surface area (Å²) in [6.07, 6.45) is 1.89. The molecule has 1 aliphatic rings. The van der Waals surface area contributed by atoms with Crippen LogP contribution in [0, 0.1) is 5.82 Å². The molecule has 0 bridgehead atoms. The molecule has 1 aliphatic heterocycles. The van der Waals surface area contributed by atoms with Gasteiger partial charge >= 0.3 is 0 Å². The molecule has 1 atom stereocenters. The van der Waals surface area contributed by atoms with Crippen LogP contribution in [0.15, 0.2) is 41.3 Å². The number of carbonyl (C=O) groups is 2. The largest absolute Gasteiger partial charge is 0.505 e. The van der Waals surface area contributed by atoms with Gasteiger partial charge in [0.1, 0.15) is 23.4 Å². The monoisotopic (exact) mass is 512 g/mol. The number of fused-ring (bicyclic) bond motifs is 1. The Balaban J connectivity index is 1.79. The molecule has 4 rings (SSSR count). The highest BCUT2D eigenvalue weighted by Crippen LogP contribution is 2.26. The Bertz CT molecular complexity index is 1350. The number of hydrogen-bond acceptors (Lipinski definition) is 7. The van der Waals surface area contributed by atoms with Gasteiger partial charge < -0.3 is 24.8 Å². The summed E-state index contributed by atoms with van der Waals surface area (Å²) in [5.74, 6) is -2.03. The third kappa shape index (κ3) is 5.95. The lowest BCUT2D eigenvalue weighted by Gasteiger charge is -2.27. The minimum atomic E-state index is -0.811. The molecule has 2 amide bonds. The standard InChI is InChI=1S/C26H29FN4O6/c1-16(15-36-2)29-25(34)22-24(33)23-20(12-18(13-28-23)11-17-3-5-19(27)6-4-17)31(26(22)35)14-21(32)30-7-9-37-10-8-30/h3-6,12-13,16,33H,7-11,14-15H2,1-2H3,(H,29,34). The zero-order valence-electron chi connectivity index (χ0n) is 20.7. The van der Waals surface area contributed by atoms with Crippen molar-refractivity contribution in [3.63, 3.8) is 0 Å². The van der Waals surface area contributed by atoms with Gasteiger partial charge in [-0.05, 0) is 42.7 Å². The van der Waals surface area contributed by atoms with Gasteiger partial charge in [-0.25, -0.2) is 4.39 Å². The number of methoxy groups -OCH3 is 1. The minimum Gasteiger partial charge on any atom is -0.505 e. The number of morpholine rings is 1. The van der Waals surface area contributed by atoms with E-state index in [4.69, 9.17) is 9.47 Å². The maximum atomic E-state index is 13.6. The van der Waals surface area contributed by atoms with E-state index in [1.165, 1.54) is 30.0 Å². The Morgan fingerprint density at radius 2 is 1.92 bits per heavy atom. The number of rotatable bonds is 8. The Labute approximate surface area is 212 Å². The summed E-state index contributed by atoms with van der Waals surface area (Å²) >= 11 is 0. The van der Waals surface area contributed by atoms with Gasteiger partial charge in [-0.15, -0.1) is 0 Å². The molecule has 3 heterocycles. The zero-order chi connectivity index (χ0) is 26.5. The highest BCUT2D eigenvalue weighted by atomic mass is 19.1. The number of aromatic hydroxyl groups is 1. The SMILES string of the molecule is COCC(C)NC(=O)c1c(O)c2ncc(Cc3ccc(F)cc3)cc2n(CC(=O)N2CCOCC2)c1=O. The Morgan fingerprint density at radius 3 is 2.59 bits per heavy atom. The lowest BCUT2D eigenvalue weighted by Crippen LogP contribution is -2.44. The second kappa shape index (κ2) is 11.5. The average molecular weight is 513 g/mol. The smallest absolute Gasteiger partial charge is 0.268 e. The van der Waals surface area contributed by atoms with Crippen LogP contribution < -0.4 is 10.9 Å². The quantitative estimate of drug-likeness (QED) is 0.468. The first-order valence-electron chi connectivity index (χ1n) is 11.9. The van der Waals surface area contributed by atoms with E-state index in [0.29, 0.717) is 38.3 Å². The summed E-state index contributed by atoms with van der Waals surface area (Å²) in [5, 5.41) is 13.6. The molecule has 0 aliphatic carbocycles.